The molecule has 0 saturated heterocycles. The van der Waals surface area contributed by atoms with Gasteiger partial charge in [-0.2, -0.15) is 15.5 Å². The van der Waals surface area contributed by atoms with Crippen LogP contribution in [0.25, 0.3) is 11.3 Å². The highest BCUT2D eigenvalue weighted by Crippen LogP contribution is 2.19. The van der Waals surface area contributed by atoms with E-state index in [1.807, 2.05) is 13.0 Å². The van der Waals surface area contributed by atoms with Crippen LogP contribution in [0.5, 0.6) is 0 Å². The van der Waals surface area contributed by atoms with Crippen molar-refractivity contribution in [2.45, 2.75) is 6.92 Å². The number of rotatable bonds is 3. The lowest BCUT2D eigenvalue weighted by Gasteiger charge is -2.08. The molecular weight excluding hydrogens is 330 g/mol. The van der Waals surface area contributed by atoms with Gasteiger partial charge < -0.3 is 5.32 Å². The van der Waals surface area contributed by atoms with Crippen LogP contribution >= 0.6 is 0 Å². The Labute approximate surface area is 148 Å². The van der Waals surface area contributed by atoms with Crippen molar-refractivity contribution in [1.29, 1.82) is 5.26 Å². The number of anilines is 1. The Hall–Kier alpha value is -3.99. The number of hydrogen-bond acceptors (Lipinski definition) is 5. The van der Waals surface area contributed by atoms with Gasteiger partial charge >= 0.3 is 0 Å². The minimum absolute atomic E-state index is 0.337. The number of benzene rings is 1. The molecule has 0 aliphatic heterocycles. The standard InChI is InChI=1S/C18H13N7O/c1-12-8-16(25(23-12)14-5-2-4-13(9-14)10-19)22-18(26)15-11-21-24-7-3-6-20-17(15)24/h2-9,11H,1H3,(H,22,26). The highest BCUT2D eigenvalue weighted by molar-refractivity contribution is 6.07. The van der Waals surface area contributed by atoms with E-state index in [0.717, 1.165) is 5.69 Å². The first-order chi connectivity index (χ1) is 12.7. The summed E-state index contributed by atoms with van der Waals surface area (Å²) < 4.78 is 3.13. The van der Waals surface area contributed by atoms with Crippen molar-refractivity contribution in [2.24, 2.45) is 0 Å². The summed E-state index contributed by atoms with van der Waals surface area (Å²) in [4.78, 5) is 16.9. The van der Waals surface area contributed by atoms with Crippen LogP contribution in [0.15, 0.2) is 55.0 Å². The molecule has 126 valence electrons. The van der Waals surface area contributed by atoms with Gasteiger partial charge in [-0.05, 0) is 31.2 Å². The third-order valence-corrected chi connectivity index (χ3v) is 3.82. The maximum Gasteiger partial charge on any atom is 0.262 e. The summed E-state index contributed by atoms with van der Waals surface area (Å²) >= 11 is 0. The number of nitrogens with zero attached hydrogens (tertiary/aromatic N) is 6. The third-order valence-electron chi connectivity index (χ3n) is 3.82. The predicted molar refractivity (Wildman–Crippen MR) is 94.0 cm³/mol. The average Bonchev–Trinajstić information content (AvgIpc) is 3.25. The van der Waals surface area contributed by atoms with Crippen LogP contribution in [-0.2, 0) is 0 Å². The van der Waals surface area contributed by atoms with E-state index in [1.54, 1.807) is 47.4 Å². The number of carbonyl (C=O) groups is 1. The molecule has 0 atom stereocenters. The maximum absolute atomic E-state index is 12.7. The SMILES string of the molecule is Cc1cc(NC(=O)c2cnn3cccnc23)n(-c2cccc(C#N)c2)n1. The Kier molecular flexibility index (Phi) is 3.67. The van der Waals surface area contributed by atoms with Crippen LogP contribution < -0.4 is 5.32 Å². The molecule has 8 heteroatoms. The van der Waals surface area contributed by atoms with Gasteiger partial charge in [0.2, 0.25) is 0 Å². The monoisotopic (exact) mass is 343 g/mol. The number of nitriles is 1. The first kappa shape index (κ1) is 15.5. The molecule has 0 fully saturated rings. The third kappa shape index (κ3) is 2.67. The predicted octanol–water partition coefficient (Wildman–Crippen LogP) is 2.35. The van der Waals surface area contributed by atoms with E-state index in [9.17, 15) is 4.79 Å². The summed E-state index contributed by atoms with van der Waals surface area (Å²) in [7, 11) is 0. The number of fused-ring (bicyclic) bond motifs is 1. The van der Waals surface area contributed by atoms with Gasteiger partial charge in [-0.15, -0.1) is 0 Å². The molecular formula is C18H13N7O. The lowest BCUT2D eigenvalue weighted by atomic mass is 10.2. The summed E-state index contributed by atoms with van der Waals surface area (Å²) in [5.41, 5.74) is 2.77. The van der Waals surface area contributed by atoms with Crippen LogP contribution in [-0.4, -0.2) is 30.3 Å². The van der Waals surface area contributed by atoms with E-state index in [-0.39, 0.29) is 5.91 Å². The average molecular weight is 343 g/mol. The highest BCUT2D eigenvalue weighted by atomic mass is 16.1. The molecule has 26 heavy (non-hydrogen) atoms. The van der Waals surface area contributed by atoms with E-state index in [1.165, 1.54) is 10.7 Å². The molecule has 4 rings (SSSR count). The van der Waals surface area contributed by atoms with Crippen molar-refractivity contribution in [3.63, 3.8) is 0 Å². The lowest BCUT2D eigenvalue weighted by molar-refractivity contribution is 0.102. The minimum Gasteiger partial charge on any atom is -0.306 e. The second-order valence-corrected chi connectivity index (χ2v) is 5.65. The van der Waals surface area contributed by atoms with Gasteiger partial charge in [-0.25, -0.2) is 14.2 Å². The minimum atomic E-state index is -0.337. The Morgan fingerprint density at radius 3 is 3.00 bits per heavy atom. The van der Waals surface area contributed by atoms with Gasteiger partial charge in [0.1, 0.15) is 11.4 Å². The molecule has 0 bridgehead atoms. The first-order valence-corrected chi connectivity index (χ1v) is 7.82. The van der Waals surface area contributed by atoms with Crippen molar-refractivity contribution in [1.82, 2.24) is 24.4 Å². The molecule has 1 N–H and O–H groups in total. The number of amides is 1. The summed E-state index contributed by atoms with van der Waals surface area (Å²) in [5.74, 6) is 0.161. The number of nitrogens with one attached hydrogen (secondary N) is 1. The van der Waals surface area contributed by atoms with Crippen LogP contribution in [0.3, 0.4) is 0 Å². The molecule has 0 radical (unpaired) electrons. The van der Waals surface area contributed by atoms with Crippen LogP contribution in [0.2, 0.25) is 0 Å². The zero-order valence-corrected chi connectivity index (χ0v) is 13.8. The summed E-state index contributed by atoms with van der Waals surface area (Å²) in [6.07, 6.45) is 4.80. The second-order valence-electron chi connectivity index (χ2n) is 5.65. The van der Waals surface area contributed by atoms with E-state index in [4.69, 9.17) is 5.26 Å². The van der Waals surface area contributed by atoms with E-state index in [2.05, 4.69) is 26.6 Å². The summed E-state index contributed by atoms with van der Waals surface area (Å²) in [6.45, 7) is 1.83. The molecule has 4 aromatic rings. The fourth-order valence-corrected chi connectivity index (χ4v) is 2.66. The van der Waals surface area contributed by atoms with E-state index in [0.29, 0.717) is 28.3 Å². The lowest BCUT2D eigenvalue weighted by Crippen LogP contribution is -2.15. The fourth-order valence-electron chi connectivity index (χ4n) is 2.66. The number of aromatic nitrogens is 5. The molecule has 3 aromatic heterocycles. The highest BCUT2D eigenvalue weighted by Gasteiger charge is 2.17. The fraction of sp³-hybridized carbons (Fsp3) is 0.0556. The van der Waals surface area contributed by atoms with Crippen LogP contribution in [0.4, 0.5) is 5.82 Å². The van der Waals surface area contributed by atoms with Crippen molar-refractivity contribution in [2.75, 3.05) is 5.32 Å². The summed E-state index contributed by atoms with van der Waals surface area (Å²) in [5, 5.41) is 20.5. The molecule has 0 aliphatic carbocycles. The normalized spacial score (nSPS) is 10.6. The van der Waals surface area contributed by atoms with Gasteiger partial charge in [-0.1, -0.05) is 6.07 Å². The van der Waals surface area contributed by atoms with Gasteiger partial charge in [0.15, 0.2) is 5.65 Å². The van der Waals surface area contributed by atoms with Crippen molar-refractivity contribution < 1.29 is 4.79 Å². The van der Waals surface area contributed by atoms with Crippen LogP contribution in [0.1, 0.15) is 21.6 Å². The van der Waals surface area contributed by atoms with Crippen molar-refractivity contribution in [3.05, 3.63) is 71.8 Å². The topological polar surface area (TPSA) is 101 Å². The van der Waals surface area contributed by atoms with Gasteiger partial charge in [0, 0.05) is 18.5 Å². The molecule has 0 spiro atoms. The molecule has 1 amide bonds. The second kappa shape index (κ2) is 6.14. The van der Waals surface area contributed by atoms with E-state index < -0.39 is 0 Å². The quantitative estimate of drug-likeness (QED) is 0.615. The molecule has 0 unspecified atom stereocenters. The van der Waals surface area contributed by atoms with Crippen molar-refractivity contribution >= 4 is 17.4 Å². The van der Waals surface area contributed by atoms with Gasteiger partial charge in [0.05, 0.1) is 29.2 Å². The van der Waals surface area contributed by atoms with E-state index >= 15 is 0 Å². The Morgan fingerprint density at radius 1 is 1.27 bits per heavy atom. The Bertz CT molecular complexity index is 1170. The summed E-state index contributed by atoms with van der Waals surface area (Å²) in [6, 6.07) is 12.6. The van der Waals surface area contributed by atoms with Crippen molar-refractivity contribution in [3.8, 4) is 11.8 Å². The number of aryl methyl sites for hydroxylation is 1. The first-order valence-electron chi connectivity index (χ1n) is 7.82. The molecule has 0 aliphatic rings. The van der Waals surface area contributed by atoms with Gasteiger partial charge in [0.25, 0.3) is 5.91 Å². The van der Waals surface area contributed by atoms with Crippen LogP contribution in [0, 0.1) is 18.3 Å². The molecule has 8 nitrogen and oxygen atoms in total. The number of carbonyl (C=O) groups excluding carboxylic acids is 1. The molecule has 1 aromatic carbocycles. The zero-order chi connectivity index (χ0) is 18.1. The molecule has 3 heterocycles. The zero-order valence-electron chi connectivity index (χ0n) is 13.8. The largest absolute Gasteiger partial charge is 0.306 e. The molecule has 0 saturated carbocycles. The number of hydrogen-bond donors (Lipinski definition) is 1. The smallest absolute Gasteiger partial charge is 0.262 e. The van der Waals surface area contributed by atoms with Gasteiger partial charge in [-0.3, -0.25) is 4.79 Å². The Morgan fingerprint density at radius 2 is 2.15 bits per heavy atom. The Balaban J connectivity index is 1.71. The maximum atomic E-state index is 12.7.